The van der Waals surface area contributed by atoms with E-state index in [0.29, 0.717) is 16.4 Å². The molecule has 0 fully saturated rings. The number of aromatic hydroxyl groups is 2. The molecule has 3 aromatic rings. The second-order valence-corrected chi connectivity index (χ2v) is 4.28. The molecule has 0 aliphatic rings. The lowest BCUT2D eigenvalue weighted by molar-refractivity contribution is 0.453. The van der Waals surface area contributed by atoms with E-state index < -0.39 is 5.63 Å². The molecule has 90 valence electrons. The number of hydrogen-bond donors (Lipinski definition) is 2. The van der Waals surface area contributed by atoms with Gasteiger partial charge in [0.1, 0.15) is 22.5 Å². The molecule has 3 rings (SSSR count). The second kappa shape index (κ2) is 3.50. The third kappa shape index (κ3) is 1.43. The highest BCUT2D eigenvalue weighted by Crippen LogP contribution is 2.32. The predicted octanol–water partition coefficient (Wildman–Crippen LogP) is 2.67. The lowest BCUT2D eigenvalue weighted by Gasteiger charge is -2.05. The van der Waals surface area contributed by atoms with Crippen molar-refractivity contribution in [3.63, 3.8) is 0 Å². The maximum Gasteiger partial charge on any atom is 0.347 e. The van der Waals surface area contributed by atoms with Crippen molar-refractivity contribution in [1.29, 1.82) is 0 Å². The van der Waals surface area contributed by atoms with E-state index >= 15 is 0 Å². The summed E-state index contributed by atoms with van der Waals surface area (Å²) in [5, 5.41) is 20.5. The first-order valence-corrected chi connectivity index (χ1v) is 5.45. The van der Waals surface area contributed by atoms with Gasteiger partial charge in [0.15, 0.2) is 0 Å². The Labute approximate surface area is 102 Å². The quantitative estimate of drug-likeness (QED) is 0.469. The first-order valence-electron chi connectivity index (χ1n) is 5.45. The number of aryl methyl sites for hydroxylation is 1. The maximum absolute atomic E-state index is 11.8. The number of phenols is 2. The average molecular weight is 242 g/mol. The van der Waals surface area contributed by atoms with Crippen LogP contribution in [0.2, 0.25) is 0 Å². The lowest BCUT2D eigenvalue weighted by atomic mass is 10.0. The number of phenolic OH excluding ortho intramolecular Hbond substituents is 2. The van der Waals surface area contributed by atoms with E-state index in [4.69, 9.17) is 4.42 Å². The smallest absolute Gasteiger partial charge is 0.347 e. The Balaban J connectivity index is 2.67. The van der Waals surface area contributed by atoms with Gasteiger partial charge in [0.25, 0.3) is 0 Å². The second-order valence-electron chi connectivity index (χ2n) is 4.28. The fourth-order valence-corrected chi connectivity index (χ4v) is 2.13. The zero-order chi connectivity index (χ0) is 12.9. The summed E-state index contributed by atoms with van der Waals surface area (Å²) in [6.07, 6.45) is 0. The van der Waals surface area contributed by atoms with Gasteiger partial charge in [-0.25, -0.2) is 4.79 Å². The van der Waals surface area contributed by atoms with Crippen LogP contribution in [0.5, 0.6) is 11.5 Å². The topological polar surface area (TPSA) is 70.7 Å². The summed E-state index contributed by atoms with van der Waals surface area (Å²) >= 11 is 0. The molecule has 0 unspecified atom stereocenters. The Morgan fingerprint density at radius 2 is 1.83 bits per heavy atom. The molecule has 4 nitrogen and oxygen atoms in total. The molecule has 0 spiro atoms. The van der Waals surface area contributed by atoms with Crippen molar-refractivity contribution in [3.8, 4) is 11.5 Å². The van der Waals surface area contributed by atoms with Gasteiger partial charge in [-0.05, 0) is 25.1 Å². The minimum atomic E-state index is -0.612. The summed E-state index contributed by atoms with van der Waals surface area (Å²) < 4.78 is 5.15. The van der Waals surface area contributed by atoms with Gasteiger partial charge in [-0.15, -0.1) is 0 Å². The zero-order valence-electron chi connectivity index (χ0n) is 9.60. The Bertz CT molecular complexity index is 830. The fourth-order valence-electron chi connectivity index (χ4n) is 2.13. The van der Waals surface area contributed by atoms with E-state index in [0.717, 1.165) is 11.6 Å². The fraction of sp³-hybridized carbons (Fsp3) is 0.0714. The summed E-state index contributed by atoms with van der Waals surface area (Å²) in [7, 11) is 0. The predicted molar refractivity (Wildman–Crippen MR) is 68.1 cm³/mol. The minimum Gasteiger partial charge on any atom is -0.508 e. The molecule has 2 N–H and O–H groups in total. The molecule has 0 bridgehead atoms. The van der Waals surface area contributed by atoms with E-state index in [9.17, 15) is 15.0 Å². The van der Waals surface area contributed by atoms with Crippen molar-refractivity contribution in [3.05, 3.63) is 46.3 Å². The van der Waals surface area contributed by atoms with Crippen LogP contribution in [0.1, 0.15) is 5.56 Å². The summed E-state index contributed by atoms with van der Waals surface area (Å²) in [6.45, 7) is 1.92. The maximum atomic E-state index is 11.8. The first-order chi connectivity index (χ1) is 8.56. The molecule has 0 aliphatic heterocycles. The van der Waals surface area contributed by atoms with Crippen molar-refractivity contribution in [1.82, 2.24) is 0 Å². The summed E-state index contributed by atoms with van der Waals surface area (Å²) in [5.74, 6) is -0.365. The third-order valence-electron chi connectivity index (χ3n) is 2.93. The van der Waals surface area contributed by atoms with Crippen LogP contribution < -0.4 is 5.63 Å². The molecule has 0 amide bonds. The van der Waals surface area contributed by atoms with E-state index in [2.05, 4.69) is 0 Å². The van der Waals surface area contributed by atoms with Crippen LogP contribution in [0.25, 0.3) is 21.7 Å². The highest BCUT2D eigenvalue weighted by molar-refractivity contribution is 6.07. The number of fused-ring (bicyclic) bond motifs is 3. The van der Waals surface area contributed by atoms with Gasteiger partial charge in [-0.3, -0.25) is 0 Å². The van der Waals surface area contributed by atoms with Gasteiger partial charge in [-0.1, -0.05) is 11.6 Å². The third-order valence-corrected chi connectivity index (χ3v) is 2.93. The van der Waals surface area contributed by atoms with Gasteiger partial charge in [0.05, 0.1) is 0 Å². The first kappa shape index (κ1) is 10.7. The van der Waals surface area contributed by atoms with Gasteiger partial charge in [-0.2, -0.15) is 0 Å². The van der Waals surface area contributed by atoms with Crippen LogP contribution in [-0.4, -0.2) is 10.2 Å². The van der Waals surface area contributed by atoms with E-state index in [1.54, 1.807) is 6.07 Å². The van der Waals surface area contributed by atoms with Crippen LogP contribution in [0, 0.1) is 6.92 Å². The standard InChI is InChI=1S/C14H10O4/c1-7-2-3-12-9(4-7)10-5-8(15)6-11(16)13(10)14(17)18-12/h2-6,15-16H,1H3. The highest BCUT2D eigenvalue weighted by atomic mass is 16.4. The molecule has 0 saturated carbocycles. The monoisotopic (exact) mass is 242 g/mol. The molecule has 0 saturated heterocycles. The van der Waals surface area contributed by atoms with Gasteiger partial charge in [0.2, 0.25) is 0 Å². The van der Waals surface area contributed by atoms with E-state index in [-0.39, 0.29) is 16.9 Å². The van der Waals surface area contributed by atoms with Crippen LogP contribution in [-0.2, 0) is 0 Å². The molecule has 4 heteroatoms. The lowest BCUT2D eigenvalue weighted by Crippen LogP contribution is -2.00. The average Bonchev–Trinajstić information content (AvgIpc) is 2.29. The molecular weight excluding hydrogens is 232 g/mol. The number of benzene rings is 2. The summed E-state index contributed by atoms with van der Waals surface area (Å²) in [4.78, 5) is 11.8. The van der Waals surface area contributed by atoms with Crippen molar-refractivity contribution < 1.29 is 14.6 Å². The van der Waals surface area contributed by atoms with Crippen LogP contribution in [0.3, 0.4) is 0 Å². The number of rotatable bonds is 0. The van der Waals surface area contributed by atoms with Gasteiger partial charge >= 0.3 is 5.63 Å². The van der Waals surface area contributed by atoms with Crippen LogP contribution in [0.4, 0.5) is 0 Å². The molecule has 0 aliphatic carbocycles. The zero-order valence-corrected chi connectivity index (χ0v) is 9.60. The molecule has 1 aromatic heterocycles. The Kier molecular flexibility index (Phi) is 2.07. The van der Waals surface area contributed by atoms with E-state index in [1.807, 2.05) is 19.1 Å². The van der Waals surface area contributed by atoms with Gasteiger partial charge in [0, 0.05) is 16.8 Å². The van der Waals surface area contributed by atoms with Crippen molar-refractivity contribution >= 4 is 21.7 Å². The molecule has 0 radical (unpaired) electrons. The van der Waals surface area contributed by atoms with Crippen molar-refractivity contribution in [2.24, 2.45) is 0 Å². The molecule has 0 atom stereocenters. The van der Waals surface area contributed by atoms with Crippen molar-refractivity contribution in [2.45, 2.75) is 6.92 Å². The molecule has 1 heterocycles. The normalized spacial score (nSPS) is 11.2. The Hall–Kier alpha value is -2.49. The Morgan fingerprint density at radius 3 is 2.61 bits per heavy atom. The van der Waals surface area contributed by atoms with Crippen LogP contribution >= 0.6 is 0 Å². The summed E-state index contributed by atoms with van der Waals surface area (Å²) in [6, 6.07) is 7.96. The summed E-state index contributed by atoms with van der Waals surface area (Å²) in [5.41, 5.74) is 0.822. The number of hydrogen-bond acceptors (Lipinski definition) is 4. The van der Waals surface area contributed by atoms with Gasteiger partial charge < -0.3 is 14.6 Å². The SMILES string of the molecule is Cc1ccc2oc(=O)c3c(O)cc(O)cc3c2c1. The molecular formula is C14H10O4. The van der Waals surface area contributed by atoms with Crippen molar-refractivity contribution in [2.75, 3.05) is 0 Å². The highest BCUT2D eigenvalue weighted by Gasteiger charge is 2.12. The van der Waals surface area contributed by atoms with Crippen LogP contribution in [0.15, 0.2) is 39.5 Å². The minimum absolute atomic E-state index is 0.0888. The largest absolute Gasteiger partial charge is 0.508 e. The molecule has 18 heavy (non-hydrogen) atoms. The molecule has 2 aromatic carbocycles. The van der Waals surface area contributed by atoms with E-state index in [1.165, 1.54) is 6.07 Å². The Morgan fingerprint density at radius 1 is 1.06 bits per heavy atom.